The number of carbonyl (C=O) groups is 1. The zero-order valence-electron chi connectivity index (χ0n) is 17.6. The predicted molar refractivity (Wildman–Crippen MR) is 120 cm³/mol. The Hall–Kier alpha value is -2.76. The first kappa shape index (κ1) is 22.4. The summed E-state index contributed by atoms with van der Waals surface area (Å²) in [5.41, 5.74) is 0.943. The first-order valence-corrected chi connectivity index (χ1v) is 12.5. The fraction of sp³-hybridized carbons (Fsp3) is 0.381. The van der Waals surface area contributed by atoms with Gasteiger partial charge in [0, 0.05) is 26.2 Å². The Kier molecular flexibility index (Phi) is 6.87. The van der Waals surface area contributed by atoms with E-state index in [1.54, 1.807) is 35.2 Å². The molecule has 1 aliphatic rings. The number of hydrogen-bond donors (Lipinski definition) is 0. The molecular weight excluding hydrogens is 452 g/mol. The summed E-state index contributed by atoms with van der Waals surface area (Å²) < 4.78 is 47.2. The van der Waals surface area contributed by atoms with Crippen molar-refractivity contribution < 1.29 is 22.7 Å². The fourth-order valence-corrected chi connectivity index (χ4v) is 5.61. The number of nitrogens with zero attached hydrogens (tertiary/aromatic N) is 4. The molecule has 0 saturated carbocycles. The molecule has 11 heteroatoms. The summed E-state index contributed by atoms with van der Waals surface area (Å²) in [6.07, 6.45) is 0.869. The van der Waals surface area contributed by atoms with Crippen LogP contribution in [0.1, 0.15) is 13.3 Å². The lowest BCUT2D eigenvalue weighted by molar-refractivity contribution is -0.134. The fourth-order valence-electron chi connectivity index (χ4n) is 3.44. The maximum absolute atomic E-state index is 13.1. The summed E-state index contributed by atoms with van der Waals surface area (Å²) in [7, 11) is -3.73. The Morgan fingerprint density at radius 2 is 1.72 bits per heavy atom. The van der Waals surface area contributed by atoms with Crippen molar-refractivity contribution in [3.8, 4) is 11.5 Å². The van der Waals surface area contributed by atoms with Gasteiger partial charge in [-0.2, -0.15) is 13.1 Å². The van der Waals surface area contributed by atoms with Crippen molar-refractivity contribution in [1.29, 1.82) is 0 Å². The van der Waals surface area contributed by atoms with Gasteiger partial charge in [0.1, 0.15) is 15.9 Å². The van der Waals surface area contributed by atoms with E-state index < -0.39 is 10.0 Å². The van der Waals surface area contributed by atoms with Gasteiger partial charge in [-0.1, -0.05) is 25.1 Å². The SMILES string of the molecule is CCCOc1ccccc1OCC(=O)N1CCN(S(=O)(=O)c2cccc3nsnc23)CC1. The molecule has 0 aliphatic carbocycles. The second kappa shape index (κ2) is 9.80. The van der Waals surface area contributed by atoms with Gasteiger partial charge in [0.25, 0.3) is 5.91 Å². The van der Waals surface area contributed by atoms with Gasteiger partial charge in [-0.15, -0.1) is 0 Å². The van der Waals surface area contributed by atoms with Crippen LogP contribution in [0.15, 0.2) is 47.4 Å². The van der Waals surface area contributed by atoms with Crippen molar-refractivity contribution in [3.05, 3.63) is 42.5 Å². The second-order valence-electron chi connectivity index (χ2n) is 7.26. The number of para-hydroxylation sites is 2. The molecule has 1 aliphatic heterocycles. The molecule has 0 spiro atoms. The number of amides is 1. The van der Waals surface area contributed by atoms with Gasteiger partial charge in [0.05, 0.1) is 18.3 Å². The van der Waals surface area contributed by atoms with E-state index in [2.05, 4.69) is 8.75 Å². The molecule has 0 atom stereocenters. The molecule has 9 nitrogen and oxygen atoms in total. The molecule has 32 heavy (non-hydrogen) atoms. The minimum atomic E-state index is -3.73. The van der Waals surface area contributed by atoms with Crippen molar-refractivity contribution in [2.75, 3.05) is 39.4 Å². The van der Waals surface area contributed by atoms with Crippen LogP contribution in [0.5, 0.6) is 11.5 Å². The molecule has 0 bridgehead atoms. The van der Waals surface area contributed by atoms with Gasteiger partial charge in [0.2, 0.25) is 10.0 Å². The number of aromatic nitrogens is 2. The van der Waals surface area contributed by atoms with E-state index in [0.717, 1.165) is 18.1 Å². The first-order chi connectivity index (χ1) is 15.5. The summed E-state index contributed by atoms with van der Waals surface area (Å²) in [5, 5.41) is 0. The Morgan fingerprint density at radius 1 is 1.00 bits per heavy atom. The second-order valence-corrected chi connectivity index (χ2v) is 9.69. The van der Waals surface area contributed by atoms with E-state index in [9.17, 15) is 13.2 Å². The van der Waals surface area contributed by atoms with E-state index in [-0.39, 0.29) is 30.5 Å². The third-order valence-corrected chi connectivity index (χ3v) is 7.59. The molecular formula is C21H24N4O5S2. The highest BCUT2D eigenvalue weighted by Crippen LogP contribution is 2.27. The third-order valence-electron chi connectivity index (χ3n) is 5.12. The van der Waals surface area contributed by atoms with E-state index >= 15 is 0 Å². The molecule has 1 aromatic heterocycles. The Bertz CT molecular complexity index is 1190. The van der Waals surface area contributed by atoms with Gasteiger partial charge in [-0.3, -0.25) is 4.79 Å². The van der Waals surface area contributed by atoms with Crippen LogP contribution in [0.4, 0.5) is 0 Å². The summed E-state index contributed by atoms with van der Waals surface area (Å²) in [6, 6.07) is 12.2. The summed E-state index contributed by atoms with van der Waals surface area (Å²) in [5.74, 6) is 0.919. The van der Waals surface area contributed by atoms with Crippen LogP contribution in [0.3, 0.4) is 0 Å². The molecule has 3 aromatic rings. The lowest BCUT2D eigenvalue weighted by Crippen LogP contribution is -2.51. The van der Waals surface area contributed by atoms with Crippen molar-refractivity contribution in [2.24, 2.45) is 0 Å². The zero-order valence-corrected chi connectivity index (χ0v) is 19.3. The van der Waals surface area contributed by atoms with Gasteiger partial charge < -0.3 is 14.4 Å². The predicted octanol–water partition coefficient (Wildman–Crippen LogP) is 2.39. The zero-order chi connectivity index (χ0) is 22.6. The number of piperazine rings is 1. The normalized spacial score (nSPS) is 15.1. The highest BCUT2D eigenvalue weighted by molar-refractivity contribution is 7.89. The van der Waals surface area contributed by atoms with Crippen molar-refractivity contribution >= 4 is 38.7 Å². The Labute approximate surface area is 190 Å². The average Bonchev–Trinajstić information content (AvgIpc) is 3.30. The lowest BCUT2D eigenvalue weighted by atomic mass is 10.3. The maximum atomic E-state index is 13.1. The van der Waals surface area contributed by atoms with E-state index in [0.29, 0.717) is 42.2 Å². The van der Waals surface area contributed by atoms with E-state index in [1.807, 2.05) is 19.1 Å². The molecule has 1 fully saturated rings. The molecule has 0 N–H and O–H groups in total. The number of sulfonamides is 1. The van der Waals surface area contributed by atoms with Crippen LogP contribution >= 0.6 is 11.7 Å². The van der Waals surface area contributed by atoms with Crippen LogP contribution in [-0.4, -0.2) is 71.7 Å². The van der Waals surface area contributed by atoms with Gasteiger partial charge in [-0.25, -0.2) is 8.42 Å². The van der Waals surface area contributed by atoms with Gasteiger partial charge >= 0.3 is 0 Å². The Balaban J connectivity index is 1.36. The van der Waals surface area contributed by atoms with Crippen molar-refractivity contribution in [3.63, 3.8) is 0 Å². The van der Waals surface area contributed by atoms with Crippen molar-refractivity contribution in [2.45, 2.75) is 18.2 Å². The molecule has 170 valence electrons. The van der Waals surface area contributed by atoms with Gasteiger partial charge in [0.15, 0.2) is 18.1 Å². The van der Waals surface area contributed by atoms with Crippen LogP contribution in [0.2, 0.25) is 0 Å². The largest absolute Gasteiger partial charge is 0.490 e. The average molecular weight is 477 g/mol. The number of hydrogen-bond acceptors (Lipinski definition) is 8. The van der Waals surface area contributed by atoms with Gasteiger partial charge in [-0.05, 0) is 30.7 Å². The van der Waals surface area contributed by atoms with Crippen LogP contribution < -0.4 is 9.47 Å². The summed E-state index contributed by atoms with van der Waals surface area (Å²) >= 11 is 0.984. The molecule has 0 radical (unpaired) electrons. The summed E-state index contributed by atoms with van der Waals surface area (Å²) in [4.78, 5) is 14.4. The molecule has 1 saturated heterocycles. The number of benzene rings is 2. The van der Waals surface area contributed by atoms with Crippen LogP contribution in [-0.2, 0) is 14.8 Å². The van der Waals surface area contributed by atoms with Crippen molar-refractivity contribution in [1.82, 2.24) is 18.0 Å². The minimum Gasteiger partial charge on any atom is -0.490 e. The van der Waals surface area contributed by atoms with E-state index in [4.69, 9.17) is 9.47 Å². The third kappa shape index (κ3) is 4.69. The number of carbonyl (C=O) groups excluding carboxylic acids is 1. The summed E-state index contributed by atoms with van der Waals surface area (Å²) in [6.45, 7) is 3.44. The van der Waals surface area contributed by atoms with Crippen LogP contribution in [0, 0.1) is 0 Å². The molecule has 2 heterocycles. The topological polar surface area (TPSA) is 102 Å². The standard InChI is InChI=1S/C21H24N4O5S2/c1-2-14-29-17-7-3-4-8-18(17)30-15-20(26)24-10-12-25(13-11-24)32(27,28)19-9-5-6-16-21(19)23-31-22-16/h3-9H,2,10-15H2,1H3. The molecule has 2 aromatic carbocycles. The quantitative estimate of drug-likeness (QED) is 0.492. The molecule has 1 amide bonds. The molecule has 0 unspecified atom stereocenters. The number of rotatable bonds is 8. The highest BCUT2D eigenvalue weighted by atomic mass is 32.2. The molecule has 4 rings (SSSR count). The highest BCUT2D eigenvalue weighted by Gasteiger charge is 2.32. The monoisotopic (exact) mass is 476 g/mol. The maximum Gasteiger partial charge on any atom is 0.260 e. The van der Waals surface area contributed by atoms with Crippen LogP contribution in [0.25, 0.3) is 11.0 Å². The number of ether oxygens (including phenoxy) is 2. The van der Waals surface area contributed by atoms with E-state index in [1.165, 1.54) is 4.31 Å². The smallest absolute Gasteiger partial charge is 0.260 e. The number of fused-ring (bicyclic) bond motifs is 1. The lowest BCUT2D eigenvalue weighted by Gasteiger charge is -2.34. The first-order valence-electron chi connectivity index (χ1n) is 10.3. The Morgan fingerprint density at radius 3 is 2.44 bits per heavy atom. The minimum absolute atomic E-state index is 0.136.